The number of aliphatic imine (C=N–C) groups is 1. The van der Waals surface area contributed by atoms with Gasteiger partial charge in [0.1, 0.15) is 0 Å². The van der Waals surface area contributed by atoms with Crippen LogP contribution in [0.3, 0.4) is 0 Å². The average molecular weight is 487 g/mol. The highest BCUT2D eigenvalue weighted by Gasteiger charge is 2.32. The lowest BCUT2D eigenvalue weighted by Gasteiger charge is -2.36. The maximum absolute atomic E-state index is 6.06. The van der Waals surface area contributed by atoms with E-state index in [1.54, 1.807) is 0 Å². The fourth-order valence-corrected chi connectivity index (χ4v) is 3.93. The van der Waals surface area contributed by atoms with Crippen LogP contribution in [0.25, 0.3) is 0 Å². The molecule has 0 unspecified atom stereocenters. The van der Waals surface area contributed by atoms with Crippen molar-refractivity contribution in [3.05, 3.63) is 23.0 Å². The molecule has 1 aliphatic rings. The summed E-state index contributed by atoms with van der Waals surface area (Å²) in [5, 5.41) is 4.30. The van der Waals surface area contributed by atoms with Crippen LogP contribution in [0.4, 0.5) is 0 Å². The van der Waals surface area contributed by atoms with Crippen molar-refractivity contribution in [2.45, 2.75) is 24.1 Å². The summed E-state index contributed by atoms with van der Waals surface area (Å²) >= 11 is 7.99. The minimum Gasteiger partial charge on any atom is -0.381 e. The zero-order valence-electron chi connectivity index (χ0n) is 14.8. The molecule has 0 atom stereocenters. The Kier molecular flexibility index (Phi) is 9.25. The molecule has 24 heavy (non-hydrogen) atoms. The van der Waals surface area contributed by atoms with Gasteiger partial charge in [-0.25, -0.2) is 0 Å². The highest BCUT2D eigenvalue weighted by molar-refractivity contribution is 14.0. The Balaban J connectivity index is 0.00000288. The molecular formula is C16H28ClIN4OS. The Hall–Kier alpha value is -0.120. The lowest BCUT2D eigenvalue weighted by Crippen LogP contribution is -2.48. The van der Waals surface area contributed by atoms with E-state index < -0.39 is 0 Å². The zero-order chi connectivity index (χ0) is 16.9. The molecule has 0 radical (unpaired) electrons. The second-order valence-corrected chi connectivity index (χ2v) is 7.73. The molecular weight excluding hydrogens is 459 g/mol. The third-order valence-corrected chi connectivity index (χ3v) is 6.08. The summed E-state index contributed by atoms with van der Waals surface area (Å²) in [4.78, 5) is 6.54. The van der Waals surface area contributed by atoms with Gasteiger partial charge in [-0.2, -0.15) is 11.8 Å². The SMILES string of the molecule is CN=C(NCC1(SC)CCOCC1)N(C)Cc1cc(Cl)cn1C.I. The van der Waals surface area contributed by atoms with E-state index in [2.05, 4.69) is 21.5 Å². The number of thioether (sulfide) groups is 1. The molecule has 1 fully saturated rings. The number of hydrogen-bond donors (Lipinski definition) is 1. The van der Waals surface area contributed by atoms with Crippen LogP contribution < -0.4 is 5.32 Å². The molecule has 1 aliphatic heterocycles. The van der Waals surface area contributed by atoms with Crippen molar-refractivity contribution in [1.82, 2.24) is 14.8 Å². The molecule has 1 aromatic rings. The third kappa shape index (κ3) is 5.71. The first-order chi connectivity index (χ1) is 11.0. The maximum atomic E-state index is 6.06. The van der Waals surface area contributed by atoms with Crippen molar-refractivity contribution in [1.29, 1.82) is 0 Å². The van der Waals surface area contributed by atoms with Crippen molar-refractivity contribution >= 4 is 53.3 Å². The monoisotopic (exact) mass is 486 g/mol. The highest BCUT2D eigenvalue weighted by atomic mass is 127. The van der Waals surface area contributed by atoms with Crippen LogP contribution in [0.2, 0.25) is 5.02 Å². The summed E-state index contributed by atoms with van der Waals surface area (Å²) in [6.45, 7) is 3.36. The fourth-order valence-electron chi connectivity index (χ4n) is 2.86. The summed E-state index contributed by atoms with van der Waals surface area (Å²) in [7, 11) is 5.88. The van der Waals surface area contributed by atoms with Crippen molar-refractivity contribution < 1.29 is 4.74 Å². The van der Waals surface area contributed by atoms with E-state index in [4.69, 9.17) is 16.3 Å². The van der Waals surface area contributed by atoms with E-state index in [1.165, 1.54) is 0 Å². The summed E-state index contributed by atoms with van der Waals surface area (Å²) in [6, 6.07) is 1.99. The van der Waals surface area contributed by atoms with E-state index in [9.17, 15) is 0 Å². The number of guanidine groups is 1. The molecule has 0 aliphatic carbocycles. The maximum Gasteiger partial charge on any atom is 0.193 e. The van der Waals surface area contributed by atoms with Gasteiger partial charge in [-0.1, -0.05) is 11.6 Å². The predicted molar refractivity (Wildman–Crippen MR) is 115 cm³/mol. The van der Waals surface area contributed by atoms with Gasteiger partial charge in [0.25, 0.3) is 0 Å². The summed E-state index contributed by atoms with van der Waals surface area (Å²) in [5.41, 5.74) is 1.16. The quantitative estimate of drug-likeness (QED) is 0.394. The number of halogens is 2. The minimum absolute atomic E-state index is 0. The van der Waals surface area contributed by atoms with Crippen LogP contribution >= 0.6 is 47.3 Å². The molecule has 0 amide bonds. The van der Waals surface area contributed by atoms with Gasteiger partial charge in [-0.05, 0) is 25.2 Å². The van der Waals surface area contributed by atoms with E-state index in [0.29, 0.717) is 0 Å². The van der Waals surface area contributed by atoms with Gasteiger partial charge in [-0.15, -0.1) is 24.0 Å². The van der Waals surface area contributed by atoms with Crippen LogP contribution in [-0.4, -0.2) is 60.3 Å². The van der Waals surface area contributed by atoms with Crippen LogP contribution in [0.15, 0.2) is 17.3 Å². The van der Waals surface area contributed by atoms with Crippen LogP contribution in [0.5, 0.6) is 0 Å². The summed E-state index contributed by atoms with van der Waals surface area (Å²) in [5.74, 6) is 0.905. The van der Waals surface area contributed by atoms with Crippen LogP contribution in [-0.2, 0) is 18.3 Å². The normalized spacial score (nSPS) is 17.3. The van der Waals surface area contributed by atoms with Gasteiger partial charge in [0.15, 0.2) is 5.96 Å². The van der Waals surface area contributed by atoms with E-state index in [1.807, 2.05) is 49.7 Å². The van der Waals surface area contributed by atoms with Gasteiger partial charge in [0.2, 0.25) is 0 Å². The number of nitrogens with one attached hydrogen (secondary N) is 1. The summed E-state index contributed by atoms with van der Waals surface area (Å²) < 4.78 is 7.79. The predicted octanol–water partition coefficient (Wildman–Crippen LogP) is 3.22. The lowest BCUT2D eigenvalue weighted by molar-refractivity contribution is 0.0781. The largest absolute Gasteiger partial charge is 0.381 e. The first kappa shape index (κ1) is 21.9. The first-order valence-electron chi connectivity index (χ1n) is 7.85. The molecule has 2 rings (SSSR count). The molecule has 0 saturated carbocycles. The van der Waals surface area contributed by atoms with E-state index >= 15 is 0 Å². The van der Waals surface area contributed by atoms with Crippen molar-refractivity contribution in [3.8, 4) is 0 Å². The molecule has 5 nitrogen and oxygen atoms in total. The van der Waals surface area contributed by atoms with Crippen molar-refractivity contribution in [2.24, 2.45) is 12.0 Å². The average Bonchev–Trinajstić information content (AvgIpc) is 2.86. The molecule has 8 heteroatoms. The van der Waals surface area contributed by atoms with Crippen molar-refractivity contribution in [3.63, 3.8) is 0 Å². The van der Waals surface area contributed by atoms with Gasteiger partial charge in [-0.3, -0.25) is 4.99 Å². The Morgan fingerprint density at radius 3 is 2.67 bits per heavy atom. The van der Waals surface area contributed by atoms with E-state index in [0.717, 1.165) is 55.8 Å². The number of aromatic nitrogens is 1. The number of ether oxygens (including phenoxy) is 1. The number of hydrogen-bond acceptors (Lipinski definition) is 3. The highest BCUT2D eigenvalue weighted by Crippen LogP contribution is 2.33. The van der Waals surface area contributed by atoms with Gasteiger partial charge in [0, 0.05) is 57.5 Å². The first-order valence-corrected chi connectivity index (χ1v) is 9.45. The Labute approximate surface area is 171 Å². The topological polar surface area (TPSA) is 41.8 Å². The van der Waals surface area contributed by atoms with Crippen LogP contribution in [0, 0.1) is 0 Å². The minimum atomic E-state index is 0. The fraction of sp³-hybridized carbons (Fsp3) is 0.688. The molecule has 138 valence electrons. The third-order valence-electron chi connectivity index (χ3n) is 4.45. The van der Waals surface area contributed by atoms with Gasteiger partial charge >= 0.3 is 0 Å². The molecule has 1 saturated heterocycles. The van der Waals surface area contributed by atoms with Crippen molar-refractivity contribution in [2.75, 3.05) is 40.1 Å². The molecule has 0 aromatic carbocycles. The molecule has 1 aromatic heterocycles. The second kappa shape index (κ2) is 10.1. The van der Waals surface area contributed by atoms with Gasteiger partial charge in [0.05, 0.1) is 11.6 Å². The smallest absolute Gasteiger partial charge is 0.193 e. The van der Waals surface area contributed by atoms with E-state index in [-0.39, 0.29) is 28.7 Å². The molecule has 1 N–H and O–H groups in total. The Bertz CT molecular complexity index is 546. The Morgan fingerprint density at radius 1 is 1.50 bits per heavy atom. The van der Waals surface area contributed by atoms with Gasteiger partial charge < -0.3 is 19.5 Å². The number of nitrogens with zero attached hydrogens (tertiary/aromatic N) is 3. The lowest BCUT2D eigenvalue weighted by atomic mass is 9.99. The number of aryl methyl sites for hydroxylation is 1. The molecule has 0 bridgehead atoms. The van der Waals surface area contributed by atoms with Crippen LogP contribution in [0.1, 0.15) is 18.5 Å². The molecule has 0 spiro atoms. The second-order valence-electron chi connectivity index (χ2n) is 6.02. The molecule has 2 heterocycles. The standard InChI is InChI=1S/C16H27ClN4OS.HI/c1-18-15(19-12-16(23-4)5-7-22-8-6-16)21(3)11-14-9-13(17)10-20(14)2;/h9-10H,5-8,11-12H2,1-4H3,(H,18,19);1H. The number of rotatable bonds is 5. The summed E-state index contributed by atoms with van der Waals surface area (Å²) in [6.07, 6.45) is 6.27. The Morgan fingerprint density at radius 2 is 2.17 bits per heavy atom. The zero-order valence-corrected chi connectivity index (χ0v) is 18.7.